The second-order valence-electron chi connectivity index (χ2n) is 17.1. The Morgan fingerprint density at radius 1 is 0.923 bits per heavy atom. The molecule has 4 rings (SSSR count). The van der Waals surface area contributed by atoms with Crippen LogP contribution >= 0.6 is 0 Å². The average molecular weight is 764 g/mol. The molecule has 8 atom stereocenters. The van der Waals surface area contributed by atoms with Crippen molar-refractivity contribution < 1.29 is 28.5 Å². The van der Waals surface area contributed by atoms with Crippen molar-refractivity contribution in [3.05, 3.63) is 81.2 Å². The Balaban J connectivity index is 0.000000323. The summed E-state index contributed by atoms with van der Waals surface area (Å²) >= 11 is 0. The van der Waals surface area contributed by atoms with Gasteiger partial charge in [0.2, 0.25) is 0 Å². The zero-order valence-corrected chi connectivity index (χ0v) is 34.9. The molecule has 5 N–H and O–H groups in total. The van der Waals surface area contributed by atoms with E-state index in [2.05, 4.69) is 90.9 Å². The Morgan fingerprint density at radius 2 is 1.44 bits per heavy atom. The maximum absolute atomic E-state index is 12.6. The highest BCUT2D eigenvalue weighted by atomic mass is 28.4. The maximum atomic E-state index is 12.6. The van der Waals surface area contributed by atoms with Crippen LogP contribution < -0.4 is 22.7 Å². The highest BCUT2D eigenvalue weighted by Gasteiger charge is 2.57. The lowest BCUT2D eigenvalue weighted by atomic mass is 9.91. The molecule has 0 spiro atoms. The Morgan fingerprint density at radius 3 is 1.90 bits per heavy atom. The number of aliphatic hydroxyl groups is 2. The van der Waals surface area contributed by atoms with Gasteiger partial charge in [0.15, 0.2) is 16.6 Å². The number of nitrogens with one attached hydrogen (secondary N) is 1. The first-order valence-corrected chi connectivity index (χ1v) is 23.4. The van der Waals surface area contributed by atoms with Crippen LogP contribution in [0.5, 0.6) is 0 Å². The van der Waals surface area contributed by atoms with E-state index < -0.39 is 75.9 Å². The topological polar surface area (TPSA) is 193 Å². The first kappa shape index (κ1) is 43.4. The monoisotopic (exact) mass is 763 g/mol. The molecule has 2 fully saturated rings. The number of hydrogen-bond donors (Lipinski definition) is 4. The van der Waals surface area contributed by atoms with E-state index in [0.29, 0.717) is 6.61 Å². The van der Waals surface area contributed by atoms with Crippen LogP contribution in [0, 0.1) is 11.8 Å². The SMILES string of the molecule is C=CC1(CO)OC(n2ccc(N)nc2=O)C(C)C1O.C=CC1(CO[Si](C)(C)C(C)(C)C)OC(n2ccc(=O)[nH]c2=O)C(C)C1O[Si](C)(C)C(C)(C)C. The van der Waals surface area contributed by atoms with Crippen LogP contribution in [0.4, 0.5) is 5.82 Å². The van der Waals surface area contributed by atoms with Gasteiger partial charge in [-0.25, -0.2) is 9.59 Å². The van der Waals surface area contributed by atoms with Crippen molar-refractivity contribution in [2.45, 2.75) is 128 Å². The van der Waals surface area contributed by atoms with Gasteiger partial charge in [0, 0.05) is 30.3 Å². The lowest BCUT2D eigenvalue weighted by molar-refractivity contribution is -0.0978. The Labute approximate surface area is 308 Å². The molecule has 292 valence electrons. The van der Waals surface area contributed by atoms with E-state index >= 15 is 0 Å². The van der Waals surface area contributed by atoms with E-state index in [0.717, 1.165) is 0 Å². The summed E-state index contributed by atoms with van der Waals surface area (Å²) in [5, 5.41) is 19.6. The van der Waals surface area contributed by atoms with Crippen molar-refractivity contribution in [3.8, 4) is 0 Å². The lowest BCUT2D eigenvalue weighted by Crippen LogP contribution is -2.55. The molecule has 8 unspecified atom stereocenters. The third-order valence-corrected chi connectivity index (χ3v) is 20.4. The molecule has 2 aliphatic heterocycles. The van der Waals surface area contributed by atoms with Crippen LogP contribution in [-0.2, 0) is 18.3 Å². The molecule has 2 saturated heterocycles. The summed E-state index contributed by atoms with van der Waals surface area (Å²) in [5.74, 6) is -0.471. The summed E-state index contributed by atoms with van der Waals surface area (Å²) in [6.45, 7) is 33.3. The standard InChI is InChI=1S/C24H44N2O5Si2.C12H17N3O4/c1-13-24(16-29-32(9,10)22(3,4)5)19(31-33(11,12)23(6,7)8)17(2)20(30-24)26-15-14-18(27)25-21(26)28;1-3-12(6-16)9(17)7(2)10(19-12)15-5-4-8(13)14-11(15)18/h13-15,17,19-20H,1,16H2,2-12H3,(H,25,27,28);3-5,7,9-10,16-17H,1,6H2,2H3,(H2,13,14,18). The largest absolute Gasteiger partial charge is 0.413 e. The van der Waals surface area contributed by atoms with Gasteiger partial charge < -0.3 is 34.3 Å². The molecule has 0 bridgehead atoms. The molecule has 2 aromatic rings. The number of ether oxygens (including phenoxy) is 2. The molecule has 52 heavy (non-hydrogen) atoms. The highest BCUT2D eigenvalue weighted by molar-refractivity contribution is 6.74. The van der Waals surface area contributed by atoms with E-state index in [1.165, 1.54) is 39.7 Å². The zero-order valence-electron chi connectivity index (χ0n) is 32.9. The van der Waals surface area contributed by atoms with Crippen LogP contribution in [0.3, 0.4) is 0 Å². The molecule has 4 heterocycles. The first-order chi connectivity index (χ1) is 23.7. The summed E-state index contributed by atoms with van der Waals surface area (Å²) in [5.41, 5.74) is 1.71. The number of anilines is 1. The fourth-order valence-corrected chi connectivity index (χ4v) is 8.20. The van der Waals surface area contributed by atoms with Gasteiger partial charge in [0.25, 0.3) is 5.56 Å². The summed E-state index contributed by atoms with van der Waals surface area (Å²) in [6.07, 6.45) is 3.39. The molecule has 0 radical (unpaired) electrons. The van der Waals surface area contributed by atoms with Crippen LogP contribution in [0.25, 0.3) is 0 Å². The van der Waals surface area contributed by atoms with Gasteiger partial charge in [-0.2, -0.15) is 4.98 Å². The number of H-pyrrole nitrogens is 1. The normalized spacial score (nSPS) is 29.7. The molecule has 0 aromatic carbocycles. The predicted molar refractivity (Wildman–Crippen MR) is 207 cm³/mol. The van der Waals surface area contributed by atoms with Crippen molar-refractivity contribution in [1.82, 2.24) is 19.1 Å². The third kappa shape index (κ3) is 8.54. The average Bonchev–Trinajstić information content (AvgIpc) is 3.45. The van der Waals surface area contributed by atoms with Gasteiger partial charge >= 0.3 is 11.4 Å². The molecule has 0 aliphatic carbocycles. The van der Waals surface area contributed by atoms with Crippen molar-refractivity contribution in [3.63, 3.8) is 0 Å². The Kier molecular flexibility index (Phi) is 12.9. The minimum atomic E-state index is -2.20. The zero-order chi connectivity index (χ0) is 39.8. The quantitative estimate of drug-likeness (QED) is 0.199. The van der Waals surface area contributed by atoms with Gasteiger partial charge in [0.05, 0.1) is 25.4 Å². The molecule has 2 aromatic heterocycles. The Bertz CT molecular complexity index is 1760. The van der Waals surface area contributed by atoms with E-state index in [-0.39, 0.29) is 27.9 Å². The van der Waals surface area contributed by atoms with Crippen molar-refractivity contribution in [2.75, 3.05) is 18.9 Å². The number of nitrogen functional groups attached to an aromatic ring is 1. The summed E-state index contributed by atoms with van der Waals surface area (Å²) in [4.78, 5) is 42.0. The number of aromatic nitrogens is 4. The number of nitrogens with zero attached hydrogens (tertiary/aromatic N) is 3. The lowest BCUT2D eigenvalue weighted by Gasteiger charge is -2.44. The number of aromatic amines is 1. The smallest absolute Gasteiger partial charge is 0.351 e. The van der Waals surface area contributed by atoms with Crippen molar-refractivity contribution >= 4 is 22.5 Å². The highest BCUT2D eigenvalue weighted by Crippen LogP contribution is 2.49. The van der Waals surface area contributed by atoms with Gasteiger partial charge in [-0.15, -0.1) is 13.2 Å². The number of hydrogen-bond acceptors (Lipinski definition) is 11. The minimum Gasteiger partial charge on any atom is -0.413 e. The van der Waals surface area contributed by atoms with Gasteiger partial charge in [-0.3, -0.25) is 18.9 Å². The Hall–Kier alpha value is -2.97. The van der Waals surface area contributed by atoms with Gasteiger partial charge in [-0.05, 0) is 42.3 Å². The second-order valence-corrected chi connectivity index (χ2v) is 26.6. The van der Waals surface area contributed by atoms with Crippen LogP contribution in [0.15, 0.2) is 64.2 Å². The van der Waals surface area contributed by atoms with Crippen LogP contribution in [0.1, 0.15) is 67.8 Å². The summed E-state index contributed by atoms with van der Waals surface area (Å²) < 4.78 is 28.5. The fraction of sp³-hybridized carbons (Fsp3) is 0.667. The summed E-state index contributed by atoms with van der Waals surface area (Å²) in [6, 6.07) is 2.80. The molecule has 0 amide bonds. The van der Waals surface area contributed by atoms with Crippen molar-refractivity contribution in [1.29, 1.82) is 0 Å². The van der Waals surface area contributed by atoms with E-state index in [1.807, 2.05) is 6.92 Å². The first-order valence-electron chi connectivity index (χ1n) is 17.6. The minimum absolute atomic E-state index is 0.00712. The van der Waals surface area contributed by atoms with Crippen molar-refractivity contribution in [2.24, 2.45) is 11.8 Å². The number of nitrogens with two attached hydrogens (primary N) is 1. The maximum Gasteiger partial charge on any atom is 0.351 e. The molecule has 14 nitrogen and oxygen atoms in total. The summed E-state index contributed by atoms with van der Waals surface area (Å²) in [7, 11) is -4.29. The molecule has 16 heteroatoms. The van der Waals surface area contributed by atoms with Crippen LogP contribution in [-0.4, -0.2) is 82.6 Å². The van der Waals surface area contributed by atoms with E-state index in [9.17, 15) is 24.6 Å². The van der Waals surface area contributed by atoms with Gasteiger partial charge in [0.1, 0.15) is 29.5 Å². The van der Waals surface area contributed by atoms with E-state index in [4.69, 9.17) is 24.1 Å². The molecule has 0 saturated carbocycles. The van der Waals surface area contributed by atoms with Crippen LogP contribution in [0.2, 0.25) is 36.3 Å². The molecule has 2 aliphatic rings. The molecular formula is C36H61N5O9Si2. The number of aliphatic hydroxyl groups excluding tert-OH is 2. The van der Waals surface area contributed by atoms with E-state index in [1.54, 1.807) is 13.0 Å². The fourth-order valence-electron chi connectivity index (χ4n) is 5.78. The second kappa shape index (κ2) is 15.4. The van der Waals surface area contributed by atoms with Gasteiger partial charge in [-0.1, -0.05) is 67.5 Å². The predicted octanol–water partition coefficient (Wildman–Crippen LogP) is 4.31. The molecular weight excluding hydrogens is 703 g/mol. The number of rotatable bonds is 10. The third-order valence-electron chi connectivity index (χ3n) is 11.4.